The minimum Gasteiger partial charge on any atom is -0.508 e. The van der Waals surface area contributed by atoms with Crippen LogP contribution in [0.1, 0.15) is 43.4 Å². The van der Waals surface area contributed by atoms with Gasteiger partial charge in [0.15, 0.2) is 0 Å². The number of carbonyl (C=O) groups is 1. The summed E-state index contributed by atoms with van der Waals surface area (Å²) in [6.45, 7) is 7.47. The molecule has 0 aliphatic carbocycles. The highest BCUT2D eigenvalue weighted by atomic mass is 16.6. The number of phenolic OH excluding ortho intramolecular Hbond substituents is 1. The second-order valence-corrected chi connectivity index (χ2v) is 7.00. The molecule has 0 saturated heterocycles. The van der Waals surface area contributed by atoms with Crippen LogP contribution in [-0.4, -0.2) is 21.8 Å². The van der Waals surface area contributed by atoms with E-state index in [0.717, 1.165) is 11.1 Å². The monoisotopic (exact) mass is 379 g/mol. The standard InChI is InChI=1S/C21H21N3O4/c1-12(2)16-11-18(13(3)9-20(16)25)23-14(4)22-21(26)19(23)10-15-7-5-6-8-17(15)24(27)28/h5-12,25H,1-4H3/b19-10+. The third-order valence-electron chi connectivity index (χ3n) is 4.68. The summed E-state index contributed by atoms with van der Waals surface area (Å²) in [5.41, 5.74) is 2.69. The largest absolute Gasteiger partial charge is 0.508 e. The predicted octanol–water partition coefficient (Wildman–Crippen LogP) is 4.54. The summed E-state index contributed by atoms with van der Waals surface area (Å²) in [6, 6.07) is 9.73. The topological polar surface area (TPSA) is 96.0 Å². The number of aromatic hydroxyl groups is 1. The Hall–Kier alpha value is -3.48. The van der Waals surface area contributed by atoms with Crippen molar-refractivity contribution in [1.82, 2.24) is 0 Å². The van der Waals surface area contributed by atoms with Crippen molar-refractivity contribution in [2.24, 2.45) is 4.99 Å². The van der Waals surface area contributed by atoms with Crippen molar-refractivity contribution in [2.45, 2.75) is 33.6 Å². The Kier molecular flexibility index (Phi) is 5.00. The molecule has 1 heterocycles. The van der Waals surface area contributed by atoms with Gasteiger partial charge < -0.3 is 5.11 Å². The van der Waals surface area contributed by atoms with Crippen molar-refractivity contribution in [1.29, 1.82) is 0 Å². The van der Waals surface area contributed by atoms with E-state index in [4.69, 9.17) is 0 Å². The first-order chi connectivity index (χ1) is 13.2. The Morgan fingerprint density at radius 2 is 1.89 bits per heavy atom. The van der Waals surface area contributed by atoms with Gasteiger partial charge in [0.25, 0.3) is 11.6 Å². The van der Waals surface area contributed by atoms with E-state index in [-0.39, 0.29) is 23.1 Å². The van der Waals surface area contributed by atoms with Crippen molar-refractivity contribution in [3.8, 4) is 5.75 Å². The summed E-state index contributed by atoms with van der Waals surface area (Å²) in [5, 5.41) is 21.6. The number of amidine groups is 1. The van der Waals surface area contributed by atoms with Crippen LogP contribution in [0.5, 0.6) is 5.75 Å². The Morgan fingerprint density at radius 3 is 2.54 bits per heavy atom. The van der Waals surface area contributed by atoms with E-state index >= 15 is 0 Å². The van der Waals surface area contributed by atoms with Crippen molar-refractivity contribution in [3.63, 3.8) is 0 Å². The van der Waals surface area contributed by atoms with Gasteiger partial charge in [0.2, 0.25) is 0 Å². The zero-order valence-corrected chi connectivity index (χ0v) is 16.1. The molecule has 0 fully saturated rings. The molecule has 2 aromatic rings. The number of hydrogen-bond acceptors (Lipinski definition) is 5. The van der Waals surface area contributed by atoms with Crippen molar-refractivity contribution in [3.05, 3.63) is 68.9 Å². The van der Waals surface area contributed by atoms with Crippen LogP contribution in [0.3, 0.4) is 0 Å². The molecule has 0 atom stereocenters. The van der Waals surface area contributed by atoms with Gasteiger partial charge in [-0.2, -0.15) is 4.99 Å². The molecule has 0 unspecified atom stereocenters. The molecule has 3 rings (SSSR count). The number of aliphatic imine (C=N–C) groups is 1. The molecule has 0 bridgehead atoms. The molecule has 7 heteroatoms. The van der Waals surface area contributed by atoms with Crippen molar-refractivity contribution < 1.29 is 14.8 Å². The van der Waals surface area contributed by atoms with Gasteiger partial charge >= 0.3 is 0 Å². The molecule has 0 saturated carbocycles. The summed E-state index contributed by atoms with van der Waals surface area (Å²) in [6.07, 6.45) is 1.49. The molecule has 1 amide bonds. The Balaban J connectivity index is 2.18. The molecular formula is C21H21N3O4. The summed E-state index contributed by atoms with van der Waals surface area (Å²) in [4.78, 5) is 29.1. The summed E-state index contributed by atoms with van der Waals surface area (Å²) < 4.78 is 0. The highest BCUT2D eigenvalue weighted by molar-refractivity contribution is 6.22. The zero-order chi connectivity index (χ0) is 20.6. The van der Waals surface area contributed by atoms with E-state index in [1.54, 1.807) is 36.1 Å². The van der Waals surface area contributed by atoms with Crippen LogP contribution in [0.4, 0.5) is 11.4 Å². The quantitative estimate of drug-likeness (QED) is 0.478. The number of nitro benzene ring substituents is 1. The van der Waals surface area contributed by atoms with E-state index in [0.29, 0.717) is 17.1 Å². The molecule has 144 valence electrons. The molecule has 0 aromatic heterocycles. The van der Waals surface area contributed by atoms with E-state index in [2.05, 4.69) is 4.99 Å². The second-order valence-electron chi connectivity index (χ2n) is 7.00. The maximum atomic E-state index is 12.5. The van der Waals surface area contributed by atoms with E-state index < -0.39 is 10.8 Å². The van der Waals surface area contributed by atoms with Gasteiger partial charge in [0, 0.05) is 6.07 Å². The fourth-order valence-electron chi connectivity index (χ4n) is 3.28. The van der Waals surface area contributed by atoms with Crippen LogP contribution in [0, 0.1) is 17.0 Å². The number of phenols is 1. The van der Waals surface area contributed by atoms with Gasteiger partial charge in [-0.05, 0) is 55.2 Å². The highest BCUT2D eigenvalue weighted by Gasteiger charge is 2.30. The first-order valence-electron chi connectivity index (χ1n) is 8.89. The van der Waals surface area contributed by atoms with Crippen LogP contribution in [0.2, 0.25) is 0 Å². The number of nitro groups is 1. The Bertz CT molecular complexity index is 1040. The fraction of sp³-hybridized carbons (Fsp3) is 0.238. The van der Waals surface area contributed by atoms with Crippen LogP contribution < -0.4 is 4.90 Å². The molecule has 1 aliphatic heterocycles. The van der Waals surface area contributed by atoms with Gasteiger partial charge in [0.1, 0.15) is 17.3 Å². The molecule has 28 heavy (non-hydrogen) atoms. The second kappa shape index (κ2) is 7.26. The average molecular weight is 379 g/mol. The van der Waals surface area contributed by atoms with E-state index in [1.807, 2.05) is 26.8 Å². The maximum absolute atomic E-state index is 12.5. The van der Waals surface area contributed by atoms with Gasteiger partial charge in [-0.25, -0.2) is 0 Å². The first-order valence-corrected chi connectivity index (χ1v) is 8.89. The Labute approximate surface area is 162 Å². The lowest BCUT2D eigenvalue weighted by atomic mass is 9.98. The number of amides is 1. The van der Waals surface area contributed by atoms with Gasteiger partial charge in [-0.3, -0.25) is 19.8 Å². The summed E-state index contributed by atoms with van der Waals surface area (Å²) in [5.74, 6) is 0.283. The van der Waals surface area contributed by atoms with Crippen LogP contribution in [-0.2, 0) is 4.79 Å². The maximum Gasteiger partial charge on any atom is 0.295 e. The van der Waals surface area contributed by atoms with E-state index in [9.17, 15) is 20.0 Å². The third kappa shape index (κ3) is 3.38. The van der Waals surface area contributed by atoms with Crippen molar-refractivity contribution in [2.75, 3.05) is 4.90 Å². The van der Waals surface area contributed by atoms with Gasteiger partial charge in [0.05, 0.1) is 16.2 Å². The minimum atomic E-state index is -0.480. The van der Waals surface area contributed by atoms with Crippen molar-refractivity contribution >= 4 is 29.2 Å². The minimum absolute atomic E-state index is 0.0811. The van der Waals surface area contributed by atoms with E-state index in [1.165, 1.54) is 12.1 Å². The molecule has 2 aromatic carbocycles. The van der Waals surface area contributed by atoms with Crippen LogP contribution >= 0.6 is 0 Å². The smallest absolute Gasteiger partial charge is 0.295 e. The number of para-hydroxylation sites is 1. The lowest BCUT2D eigenvalue weighted by Crippen LogP contribution is -2.25. The molecular weight excluding hydrogens is 358 g/mol. The number of aryl methyl sites for hydroxylation is 1. The molecule has 7 nitrogen and oxygen atoms in total. The summed E-state index contributed by atoms with van der Waals surface area (Å²) in [7, 11) is 0. The average Bonchev–Trinajstić information content (AvgIpc) is 2.89. The van der Waals surface area contributed by atoms with Gasteiger partial charge in [-0.1, -0.05) is 26.0 Å². The van der Waals surface area contributed by atoms with Crippen LogP contribution in [0.25, 0.3) is 6.08 Å². The third-order valence-corrected chi connectivity index (χ3v) is 4.68. The van der Waals surface area contributed by atoms with Crippen LogP contribution in [0.15, 0.2) is 47.1 Å². The normalized spacial score (nSPS) is 15.5. The zero-order valence-electron chi connectivity index (χ0n) is 16.1. The molecule has 1 aliphatic rings. The molecule has 0 spiro atoms. The molecule has 1 N–H and O–H groups in total. The number of nitrogens with zero attached hydrogens (tertiary/aromatic N) is 3. The number of rotatable bonds is 4. The fourth-order valence-corrected chi connectivity index (χ4v) is 3.28. The number of anilines is 1. The summed E-state index contributed by atoms with van der Waals surface area (Å²) >= 11 is 0. The molecule has 0 radical (unpaired) electrons. The Morgan fingerprint density at radius 1 is 1.21 bits per heavy atom. The highest BCUT2D eigenvalue weighted by Crippen LogP contribution is 2.37. The number of carbonyl (C=O) groups excluding carboxylic acids is 1. The number of hydrogen-bond donors (Lipinski definition) is 1. The van der Waals surface area contributed by atoms with Gasteiger partial charge in [-0.15, -0.1) is 0 Å². The predicted molar refractivity (Wildman–Crippen MR) is 109 cm³/mol. The first kappa shape index (κ1) is 19.3. The number of benzene rings is 2. The SMILES string of the molecule is CC1=NC(=O)/C(=C\c2ccccc2[N+](=O)[O-])N1c1cc(C(C)C)c(O)cc1C. The lowest BCUT2D eigenvalue weighted by molar-refractivity contribution is -0.385. The lowest BCUT2D eigenvalue weighted by Gasteiger charge is -2.24.